The molecule has 0 bridgehead atoms. The molecule has 0 atom stereocenters. The van der Waals surface area contributed by atoms with Crippen LogP contribution in [-0.4, -0.2) is 20.6 Å². The molecule has 1 aromatic rings. The van der Waals surface area contributed by atoms with Crippen LogP contribution in [0.3, 0.4) is 0 Å². The molecule has 5 heteroatoms. The highest BCUT2D eigenvalue weighted by Gasteiger charge is 2.44. The third-order valence-corrected chi connectivity index (χ3v) is 2.77. The molecule has 1 fully saturated rings. The highest BCUT2D eigenvalue weighted by molar-refractivity contribution is 5.68. The Balaban J connectivity index is 2.12. The summed E-state index contributed by atoms with van der Waals surface area (Å²) in [7, 11) is 0. The third kappa shape index (κ3) is 2.23. The SMILES string of the molecule is O=C(O)CC1(Cn2cccnc2=O)CC1. The Hall–Kier alpha value is -1.65. The molecule has 80 valence electrons. The molecule has 0 radical (unpaired) electrons. The maximum absolute atomic E-state index is 11.3. The lowest BCUT2D eigenvalue weighted by atomic mass is 10.0. The molecule has 0 saturated heterocycles. The zero-order valence-electron chi connectivity index (χ0n) is 8.22. The molecule has 15 heavy (non-hydrogen) atoms. The van der Waals surface area contributed by atoms with Crippen LogP contribution in [0.15, 0.2) is 23.3 Å². The minimum Gasteiger partial charge on any atom is -0.481 e. The maximum Gasteiger partial charge on any atom is 0.347 e. The number of hydrogen-bond donors (Lipinski definition) is 1. The summed E-state index contributed by atoms with van der Waals surface area (Å²) in [6.45, 7) is 0.464. The van der Waals surface area contributed by atoms with Gasteiger partial charge in [-0.1, -0.05) is 0 Å². The average molecular weight is 208 g/mol. The minimum atomic E-state index is -0.801. The fraction of sp³-hybridized carbons (Fsp3) is 0.500. The molecule has 1 aliphatic rings. The molecule has 5 nitrogen and oxygen atoms in total. The summed E-state index contributed by atoms with van der Waals surface area (Å²) in [5, 5.41) is 8.73. The molecule has 0 amide bonds. The fourth-order valence-corrected chi connectivity index (χ4v) is 1.76. The van der Waals surface area contributed by atoms with E-state index in [-0.39, 0.29) is 17.5 Å². The van der Waals surface area contributed by atoms with Gasteiger partial charge in [-0.3, -0.25) is 9.36 Å². The second-order valence-corrected chi connectivity index (χ2v) is 4.10. The predicted molar refractivity (Wildman–Crippen MR) is 52.4 cm³/mol. The van der Waals surface area contributed by atoms with Crippen LogP contribution in [0.4, 0.5) is 0 Å². The molecule has 0 spiro atoms. The van der Waals surface area contributed by atoms with Gasteiger partial charge in [0.1, 0.15) is 0 Å². The van der Waals surface area contributed by atoms with Crippen LogP contribution >= 0.6 is 0 Å². The number of rotatable bonds is 4. The number of hydrogen-bond acceptors (Lipinski definition) is 3. The Bertz CT molecular complexity index is 434. The zero-order chi connectivity index (χ0) is 10.9. The van der Waals surface area contributed by atoms with E-state index in [0.29, 0.717) is 6.54 Å². The van der Waals surface area contributed by atoms with Gasteiger partial charge in [-0.05, 0) is 24.3 Å². The number of carboxylic acids is 1. The Labute approximate surface area is 86.4 Å². The van der Waals surface area contributed by atoms with Crippen molar-refractivity contribution in [3.05, 3.63) is 28.9 Å². The summed E-state index contributed by atoms with van der Waals surface area (Å²) in [4.78, 5) is 25.6. The van der Waals surface area contributed by atoms with Crippen molar-refractivity contribution in [3.8, 4) is 0 Å². The highest BCUT2D eigenvalue weighted by Crippen LogP contribution is 2.49. The first-order chi connectivity index (χ1) is 7.11. The minimum absolute atomic E-state index is 0.133. The first-order valence-corrected chi connectivity index (χ1v) is 4.85. The lowest BCUT2D eigenvalue weighted by molar-refractivity contribution is -0.138. The summed E-state index contributed by atoms with van der Waals surface area (Å²) in [5.41, 5.74) is -0.521. The molecule has 0 unspecified atom stereocenters. The van der Waals surface area contributed by atoms with Crippen molar-refractivity contribution in [1.29, 1.82) is 0 Å². The van der Waals surface area contributed by atoms with E-state index < -0.39 is 5.97 Å². The first-order valence-electron chi connectivity index (χ1n) is 4.85. The second kappa shape index (κ2) is 3.49. The van der Waals surface area contributed by atoms with Gasteiger partial charge < -0.3 is 5.11 Å². The van der Waals surface area contributed by atoms with Crippen molar-refractivity contribution < 1.29 is 9.90 Å². The number of carboxylic acid groups (broad SMARTS) is 1. The van der Waals surface area contributed by atoms with Gasteiger partial charge in [0.25, 0.3) is 0 Å². The quantitative estimate of drug-likeness (QED) is 0.782. The van der Waals surface area contributed by atoms with Crippen molar-refractivity contribution in [1.82, 2.24) is 9.55 Å². The fourth-order valence-electron chi connectivity index (χ4n) is 1.76. The largest absolute Gasteiger partial charge is 0.481 e. The summed E-state index contributed by atoms with van der Waals surface area (Å²) in [6.07, 6.45) is 4.97. The third-order valence-electron chi connectivity index (χ3n) is 2.77. The van der Waals surface area contributed by atoms with E-state index >= 15 is 0 Å². The van der Waals surface area contributed by atoms with Crippen LogP contribution in [0.2, 0.25) is 0 Å². The van der Waals surface area contributed by atoms with Gasteiger partial charge >= 0.3 is 11.7 Å². The topological polar surface area (TPSA) is 72.2 Å². The number of carbonyl (C=O) groups is 1. The second-order valence-electron chi connectivity index (χ2n) is 4.10. The van der Waals surface area contributed by atoms with Gasteiger partial charge in [-0.2, -0.15) is 0 Å². The maximum atomic E-state index is 11.3. The van der Waals surface area contributed by atoms with Crippen molar-refractivity contribution in [2.75, 3.05) is 0 Å². The number of nitrogens with zero attached hydrogens (tertiary/aromatic N) is 2. The molecule has 1 aliphatic carbocycles. The van der Waals surface area contributed by atoms with Gasteiger partial charge in [-0.15, -0.1) is 0 Å². The van der Waals surface area contributed by atoms with E-state index in [1.54, 1.807) is 12.3 Å². The molecule has 1 heterocycles. The summed E-state index contributed by atoms with van der Waals surface area (Å²) in [5.74, 6) is -0.801. The van der Waals surface area contributed by atoms with Gasteiger partial charge in [0.15, 0.2) is 0 Å². The van der Waals surface area contributed by atoms with Gasteiger partial charge in [-0.25, -0.2) is 9.78 Å². The Morgan fingerprint density at radius 2 is 2.33 bits per heavy atom. The van der Waals surface area contributed by atoms with E-state index in [9.17, 15) is 9.59 Å². The molecule has 1 aromatic heterocycles. The molecule has 0 aromatic carbocycles. The van der Waals surface area contributed by atoms with Gasteiger partial charge in [0.05, 0.1) is 6.42 Å². The standard InChI is InChI=1S/C10H12N2O3/c13-8(14)6-10(2-3-10)7-12-5-1-4-11-9(12)15/h1,4-5H,2-3,6-7H2,(H,13,14). The first kappa shape index (κ1) is 9.89. The highest BCUT2D eigenvalue weighted by atomic mass is 16.4. The molecule has 1 saturated carbocycles. The molecule has 2 rings (SSSR count). The van der Waals surface area contributed by atoms with Crippen LogP contribution in [0.25, 0.3) is 0 Å². The van der Waals surface area contributed by atoms with E-state index in [1.165, 1.54) is 10.8 Å². The van der Waals surface area contributed by atoms with Crippen LogP contribution in [0.5, 0.6) is 0 Å². The molecule has 0 aliphatic heterocycles. The molecule has 1 N–H and O–H groups in total. The predicted octanol–water partition coefficient (Wildman–Crippen LogP) is 0.498. The van der Waals surface area contributed by atoms with Crippen LogP contribution < -0.4 is 5.69 Å². The van der Waals surface area contributed by atoms with E-state index in [0.717, 1.165) is 12.8 Å². The van der Waals surface area contributed by atoms with Crippen LogP contribution in [0, 0.1) is 5.41 Å². The van der Waals surface area contributed by atoms with Crippen molar-refractivity contribution in [2.45, 2.75) is 25.8 Å². The lowest BCUT2D eigenvalue weighted by Crippen LogP contribution is -2.27. The Kier molecular flexibility index (Phi) is 2.30. The van der Waals surface area contributed by atoms with Gasteiger partial charge in [0.2, 0.25) is 0 Å². The van der Waals surface area contributed by atoms with Crippen molar-refractivity contribution in [3.63, 3.8) is 0 Å². The van der Waals surface area contributed by atoms with Crippen molar-refractivity contribution in [2.24, 2.45) is 5.41 Å². The molecular formula is C10H12N2O3. The Morgan fingerprint density at radius 1 is 1.60 bits per heavy atom. The Morgan fingerprint density at radius 3 is 2.87 bits per heavy atom. The van der Waals surface area contributed by atoms with Gasteiger partial charge in [0, 0.05) is 18.9 Å². The summed E-state index contributed by atoms with van der Waals surface area (Å²) >= 11 is 0. The summed E-state index contributed by atoms with van der Waals surface area (Å²) in [6, 6.07) is 1.68. The average Bonchev–Trinajstić information content (AvgIpc) is 2.88. The number of aromatic nitrogens is 2. The van der Waals surface area contributed by atoms with Crippen LogP contribution in [-0.2, 0) is 11.3 Å². The van der Waals surface area contributed by atoms with E-state index in [1.807, 2.05) is 0 Å². The monoisotopic (exact) mass is 208 g/mol. The van der Waals surface area contributed by atoms with E-state index in [2.05, 4.69) is 4.98 Å². The number of aliphatic carboxylic acids is 1. The van der Waals surface area contributed by atoms with Crippen LogP contribution in [0.1, 0.15) is 19.3 Å². The normalized spacial score (nSPS) is 17.3. The zero-order valence-corrected chi connectivity index (χ0v) is 8.22. The lowest BCUT2D eigenvalue weighted by Gasteiger charge is -2.13. The van der Waals surface area contributed by atoms with Crippen molar-refractivity contribution >= 4 is 5.97 Å². The molecular weight excluding hydrogens is 196 g/mol. The van der Waals surface area contributed by atoms with E-state index in [4.69, 9.17) is 5.11 Å². The smallest absolute Gasteiger partial charge is 0.347 e. The summed E-state index contributed by atoms with van der Waals surface area (Å²) < 4.78 is 1.48.